The minimum Gasteiger partial charge on any atom is -0.325 e. The lowest BCUT2D eigenvalue weighted by Crippen LogP contribution is -2.32. The number of halogens is 2. The van der Waals surface area contributed by atoms with E-state index in [2.05, 4.69) is 26.0 Å². The quantitative estimate of drug-likeness (QED) is 0.774. The van der Waals surface area contributed by atoms with Crippen LogP contribution in [0.2, 0.25) is 5.02 Å². The number of anilines is 1. The number of hydrogen-bond donors (Lipinski definition) is 2. The summed E-state index contributed by atoms with van der Waals surface area (Å²) in [6.07, 6.45) is 0. The van der Waals surface area contributed by atoms with E-state index in [9.17, 15) is 13.2 Å². The molecule has 2 N–H and O–H groups in total. The highest BCUT2D eigenvalue weighted by molar-refractivity contribution is 9.11. The molecule has 0 bridgehead atoms. The lowest BCUT2D eigenvalue weighted by atomic mass is 10.2. The van der Waals surface area contributed by atoms with E-state index in [4.69, 9.17) is 11.6 Å². The van der Waals surface area contributed by atoms with Crippen molar-refractivity contribution in [1.82, 2.24) is 4.72 Å². The van der Waals surface area contributed by atoms with Crippen molar-refractivity contribution in [3.05, 3.63) is 44.7 Å². The molecular formula is C13H12BrClN2O3S2. The van der Waals surface area contributed by atoms with Crippen molar-refractivity contribution >= 4 is 60.5 Å². The number of carbonyl (C=O) groups is 1. The lowest BCUT2D eigenvalue weighted by Gasteiger charge is -2.09. The van der Waals surface area contributed by atoms with Crippen molar-refractivity contribution < 1.29 is 13.2 Å². The Hall–Kier alpha value is -0.930. The van der Waals surface area contributed by atoms with Crippen molar-refractivity contribution in [3.8, 4) is 0 Å². The molecule has 5 nitrogen and oxygen atoms in total. The lowest BCUT2D eigenvalue weighted by molar-refractivity contribution is -0.115. The van der Waals surface area contributed by atoms with E-state index in [1.165, 1.54) is 6.07 Å². The number of hydrogen-bond acceptors (Lipinski definition) is 4. The number of carbonyl (C=O) groups excluding carboxylic acids is 1. The van der Waals surface area contributed by atoms with Gasteiger partial charge >= 0.3 is 0 Å². The summed E-state index contributed by atoms with van der Waals surface area (Å²) in [6, 6.07) is 8.19. The topological polar surface area (TPSA) is 75.3 Å². The molecule has 2 rings (SSSR count). The smallest absolute Gasteiger partial charge is 0.250 e. The zero-order valence-electron chi connectivity index (χ0n) is 11.4. The summed E-state index contributed by atoms with van der Waals surface area (Å²) in [4.78, 5) is 11.9. The van der Waals surface area contributed by atoms with Gasteiger partial charge in [0.05, 0.1) is 10.3 Å². The molecule has 2 aromatic rings. The third-order valence-corrected chi connectivity index (χ3v) is 6.46. The Kier molecular flexibility index (Phi) is 5.62. The molecule has 0 fully saturated rings. The van der Waals surface area contributed by atoms with Gasteiger partial charge in [-0.25, -0.2) is 13.1 Å². The molecule has 1 amide bonds. The summed E-state index contributed by atoms with van der Waals surface area (Å²) >= 11 is 10.1. The van der Waals surface area contributed by atoms with Crippen LogP contribution in [-0.2, 0) is 14.8 Å². The Morgan fingerprint density at radius 2 is 2.05 bits per heavy atom. The van der Waals surface area contributed by atoms with E-state index >= 15 is 0 Å². The van der Waals surface area contributed by atoms with Gasteiger partial charge in [-0.15, -0.1) is 11.3 Å². The monoisotopic (exact) mass is 422 g/mol. The minimum absolute atomic E-state index is 0.145. The molecular weight excluding hydrogens is 412 g/mol. The summed E-state index contributed by atoms with van der Waals surface area (Å²) in [5, 5.41) is 3.11. The Morgan fingerprint density at radius 1 is 1.32 bits per heavy atom. The summed E-state index contributed by atoms with van der Waals surface area (Å²) in [7, 11) is -3.69. The maximum absolute atomic E-state index is 12.0. The molecule has 0 atom stereocenters. The number of nitrogens with one attached hydrogen (secondary N) is 2. The first-order valence-corrected chi connectivity index (χ1v) is 9.56. The van der Waals surface area contributed by atoms with Crippen LogP contribution in [0.15, 0.2) is 38.3 Å². The zero-order chi connectivity index (χ0) is 16.3. The van der Waals surface area contributed by atoms with Crippen molar-refractivity contribution in [1.29, 1.82) is 0 Å². The average Bonchev–Trinajstić information content (AvgIpc) is 2.88. The van der Waals surface area contributed by atoms with Crippen LogP contribution in [0.3, 0.4) is 0 Å². The van der Waals surface area contributed by atoms with Gasteiger partial charge in [-0.05, 0) is 52.7 Å². The number of amides is 1. The molecule has 0 aliphatic carbocycles. The van der Waals surface area contributed by atoms with Crippen LogP contribution in [0.5, 0.6) is 0 Å². The van der Waals surface area contributed by atoms with E-state index in [0.29, 0.717) is 14.5 Å². The van der Waals surface area contributed by atoms with E-state index in [0.717, 1.165) is 16.9 Å². The molecule has 0 spiro atoms. The Labute approximate surface area is 145 Å². The minimum atomic E-state index is -3.69. The summed E-state index contributed by atoms with van der Waals surface area (Å²) in [5.41, 5.74) is 1.39. The van der Waals surface area contributed by atoms with Crippen molar-refractivity contribution in [2.75, 3.05) is 11.9 Å². The van der Waals surface area contributed by atoms with E-state index in [1.807, 2.05) is 6.92 Å². The van der Waals surface area contributed by atoms with Gasteiger partial charge in [0.25, 0.3) is 10.0 Å². The molecule has 0 radical (unpaired) electrons. The molecule has 0 aliphatic rings. The average molecular weight is 424 g/mol. The number of thiophene rings is 1. The summed E-state index contributed by atoms with van der Waals surface area (Å²) in [5.74, 6) is -0.468. The highest BCUT2D eigenvalue weighted by Gasteiger charge is 2.17. The normalized spacial score (nSPS) is 11.4. The largest absolute Gasteiger partial charge is 0.325 e. The first-order valence-electron chi connectivity index (χ1n) is 6.09. The van der Waals surface area contributed by atoms with Crippen LogP contribution in [-0.4, -0.2) is 20.9 Å². The predicted octanol–water partition coefficient (Wildman–Crippen LogP) is 3.39. The highest BCUT2D eigenvalue weighted by atomic mass is 79.9. The maximum Gasteiger partial charge on any atom is 0.250 e. The maximum atomic E-state index is 12.0. The molecule has 1 aromatic carbocycles. The van der Waals surface area contributed by atoms with Gasteiger partial charge in [0.15, 0.2) is 0 Å². The van der Waals surface area contributed by atoms with Crippen LogP contribution in [0.25, 0.3) is 0 Å². The second-order valence-corrected chi connectivity index (χ2v) is 9.28. The van der Waals surface area contributed by atoms with Crippen LogP contribution in [0, 0.1) is 6.92 Å². The molecule has 9 heteroatoms. The number of aryl methyl sites for hydroxylation is 1. The van der Waals surface area contributed by atoms with E-state index in [1.54, 1.807) is 24.3 Å². The van der Waals surface area contributed by atoms with Gasteiger partial charge in [0, 0.05) is 10.7 Å². The number of benzene rings is 1. The third-order valence-electron chi connectivity index (χ3n) is 2.71. The van der Waals surface area contributed by atoms with E-state index in [-0.39, 0.29) is 10.8 Å². The number of rotatable bonds is 5. The standard InChI is InChI=1S/C13H12BrClN2O3S2/c1-8-2-3-9(15)6-10(8)17-12(18)7-16-22(19,20)13-5-4-11(14)21-13/h2-6,16H,7H2,1H3,(H,17,18). The van der Waals surface area contributed by atoms with Crippen LogP contribution in [0.1, 0.15) is 5.56 Å². The zero-order valence-corrected chi connectivity index (χ0v) is 15.4. The fraction of sp³-hybridized carbons (Fsp3) is 0.154. The van der Waals surface area contributed by atoms with Crippen molar-refractivity contribution in [3.63, 3.8) is 0 Å². The van der Waals surface area contributed by atoms with Gasteiger partial charge in [0.2, 0.25) is 5.91 Å². The molecule has 0 saturated heterocycles. The van der Waals surface area contributed by atoms with Crippen LogP contribution < -0.4 is 10.0 Å². The highest BCUT2D eigenvalue weighted by Crippen LogP contribution is 2.25. The SMILES string of the molecule is Cc1ccc(Cl)cc1NC(=O)CNS(=O)(=O)c1ccc(Br)s1. The molecule has 1 heterocycles. The van der Waals surface area contributed by atoms with Gasteiger partial charge in [0.1, 0.15) is 4.21 Å². The first kappa shape index (κ1) is 17.4. The number of sulfonamides is 1. The summed E-state index contributed by atoms with van der Waals surface area (Å²) in [6.45, 7) is 1.46. The Bertz CT molecular complexity index is 805. The van der Waals surface area contributed by atoms with Crippen molar-refractivity contribution in [2.24, 2.45) is 0 Å². The Balaban J connectivity index is 1.99. The Morgan fingerprint density at radius 3 is 2.68 bits per heavy atom. The first-order chi connectivity index (χ1) is 10.3. The molecule has 118 valence electrons. The van der Waals surface area contributed by atoms with Gasteiger partial charge in [-0.1, -0.05) is 17.7 Å². The second kappa shape index (κ2) is 7.10. The third kappa shape index (κ3) is 4.53. The molecule has 1 aromatic heterocycles. The molecule has 0 aliphatic heterocycles. The molecule has 22 heavy (non-hydrogen) atoms. The second-order valence-electron chi connectivity index (χ2n) is 4.39. The van der Waals surface area contributed by atoms with Crippen LogP contribution in [0.4, 0.5) is 5.69 Å². The van der Waals surface area contributed by atoms with Gasteiger partial charge in [-0.2, -0.15) is 0 Å². The predicted molar refractivity (Wildman–Crippen MR) is 92.0 cm³/mol. The summed E-state index contributed by atoms with van der Waals surface area (Å²) < 4.78 is 27.1. The fourth-order valence-electron chi connectivity index (χ4n) is 1.60. The molecule has 0 saturated carbocycles. The van der Waals surface area contributed by atoms with Crippen molar-refractivity contribution in [2.45, 2.75) is 11.1 Å². The van der Waals surface area contributed by atoms with Gasteiger partial charge < -0.3 is 5.32 Å². The molecule has 0 unspecified atom stereocenters. The van der Waals surface area contributed by atoms with E-state index < -0.39 is 15.9 Å². The van der Waals surface area contributed by atoms with Crippen LogP contribution >= 0.6 is 38.9 Å². The van der Waals surface area contributed by atoms with Gasteiger partial charge in [-0.3, -0.25) is 4.79 Å². The fourth-order valence-corrected chi connectivity index (χ4v) is 4.81.